The lowest BCUT2D eigenvalue weighted by Crippen LogP contribution is -2.58. The molecule has 2 aliphatic heterocycles. The highest BCUT2D eigenvalue weighted by atomic mass is 17.0. The van der Waals surface area contributed by atoms with E-state index in [0.717, 1.165) is 32.1 Å². The minimum Gasteiger partial charge on any atom is -0.467 e. The van der Waals surface area contributed by atoms with Crippen molar-refractivity contribution >= 4 is 5.97 Å². The van der Waals surface area contributed by atoms with Crippen molar-refractivity contribution in [1.29, 1.82) is 0 Å². The fourth-order valence-electron chi connectivity index (χ4n) is 5.47. The van der Waals surface area contributed by atoms with Gasteiger partial charge in [0.05, 0.1) is 12.6 Å². The number of hydroxylamine groups is 2. The molecule has 0 aromatic heterocycles. The topological polar surface area (TPSA) is 57.2 Å². The molecule has 0 N–H and O–H groups in total. The molecule has 1 spiro atoms. The highest BCUT2D eigenvalue weighted by Gasteiger charge is 2.72. The monoisotopic (exact) mass is 325 g/mol. The van der Waals surface area contributed by atoms with Crippen LogP contribution in [0.2, 0.25) is 0 Å². The number of unbranched alkanes of at least 4 members (excludes halogenated alkanes) is 1. The Labute approximate surface area is 137 Å². The van der Waals surface area contributed by atoms with Gasteiger partial charge in [0, 0.05) is 18.9 Å². The van der Waals surface area contributed by atoms with E-state index in [9.17, 15) is 4.79 Å². The Morgan fingerprint density at radius 3 is 2.78 bits per heavy atom. The lowest BCUT2D eigenvalue weighted by molar-refractivity contribution is -0.462. The van der Waals surface area contributed by atoms with Gasteiger partial charge < -0.3 is 9.47 Å². The maximum Gasteiger partial charge on any atom is 0.337 e. The highest BCUT2D eigenvalue weighted by Crippen LogP contribution is 2.64. The number of ether oxygens (including phenoxy) is 2. The summed E-state index contributed by atoms with van der Waals surface area (Å²) in [6.07, 6.45) is 6.80. The fraction of sp³-hybridized carbons (Fsp3) is 0.941. The summed E-state index contributed by atoms with van der Waals surface area (Å²) < 4.78 is 10.9. The molecule has 2 saturated carbocycles. The van der Waals surface area contributed by atoms with Crippen LogP contribution in [0.4, 0.5) is 0 Å². The summed E-state index contributed by atoms with van der Waals surface area (Å²) in [6, 6.07) is 0. The first-order valence-corrected chi connectivity index (χ1v) is 9.05. The molecule has 0 amide bonds. The predicted octanol–water partition coefficient (Wildman–Crippen LogP) is 2.43. The van der Waals surface area contributed by atoms with Crippen molar-refractivity contribution in [2.75, 3.05) is 13.7 Å². The van der Waals surface area contributed by atoms with Gasteiger partial charge in [0.2, 0.25) is 0 Å². The van der Waals surface area contributed by atoms with Gasteiger partial charge in [-0.3, -0.25) is 4.84 Å². The molecule has 4 rings (SSSR count). The SMILES string of the molecule is CCCCO[C@H]1C[C@H]2CC[C@@H]3CC[C@H]4[C@H](C(=O)OC)ON(O1)[C@]324. The lowest BCUT2D eigenvalue weighted by Gasteiger charge is -2.46. The van der Waals surface area contributed by atoms with Crippen LogP contribution in [0.1, 0.15) is 51.9 Å². The summed E-state index contributed by atoms with van der Waals surface area (Å²) in [7, 11) is 1.43. The minimum absolute atomic E-state index is 0.135. The van der Waals surface area contributed by atoms with Crippen LogP contribution in [0, 0.1) is 17.8 Å². The fourth-order valence-corrected chi connectivity index (χ4v) is 5.47. The van der Waals surface area contributed by atoms with Gasteiger partial charge >= 0.3 is 5.97 Å². The van der Waals surface area contributed by atoms with E-state index < -0.39 is 6.10 Å². The summed E-state index contributed by atoms with van der Waals surface area (Å²) in [4.78, 5) is 24.2. The van der Waals surface area contributed by atoms with E-state index in [1.165, 1.54) is 20.0 Å². The van der Waals surface area contributed by atoms with E-state index in [1.54, 1.807) is 5.23 Å². The minimum atomic E-state index is -0.528. The molecule has 6 nitrogen and oxygen atoms in total. The number of hydrogen-bond acceptors (Lipinski definition) is 6. The predicted molar refractivity (Wildman–Crippen MR) is 80.7 cm³/mol. The number of carbonyl (C=O) groups excluding carboxylic acids is 1. The van der Waals surface area contributed by atoms with E-state index >= 15 is 0 Å². The molecular formula is C17H27NO5. The number of rotatable bonds is 5. The van der Waals surface area contributed by atoms with E-state index in [4.69, 9.17) is 19.1 Å². The third-order valence-electron chi connectivity index (χ3n) is 6.41. The quantitative estimate of drug-likeness (QED) is 0.571. The summed E-state index contributed by atoms with van der Waals surface area (Å²) in [5.74, 6) is 0.944. The molecule has 6 heteroatoms. The van der Waals surface area contributed by atoms with Crippen molar-refractivity contribution in [3.63, 3.8) is 0 Å². The number of hydrogen-bond donors (Lipinski definition) is 0. The van der Waals surface area contributed by atoms with Crippen molar-refractivity contribution in [3.8, 4) is 0 Å². The second-order valence-corrected chi connectivity index (χ2v) is 7.34. The standard InChI is InChI=1S/C17H27NO5/c1-3-4-9-21-14-10-12-6-5-11-7-8-13-15(16(19)20-2)23-18(22-14)17(11,12)13/h11-15H,3-10H2,1-2H3/t11-,12-,13+,14-,15-,17-/m1/s1. The largest absolute Gasteiger partial charge is 0.467 e. The highest BCUT2D eigenvalue weighted by molar-refractivity contribution is 5.75. The molecule has 130 valence electrons. The van der Waals surface area contributed by atoms with Crippen LogP contribution >= 0.6 is 0 Å². The molecule has 23 heavy (non-hydrogen) atoms. The van der Waals surface area contributed by atoms with Crippen LogP contribution in [0.5, 0.6) is 0 Å². The molecule has 6 atom stereocenters. The van der Waals surface area contributed by atoms with Crippen molar-refractivity contribution < 1.29 is 23.9 Å². The van der Waals surface area contributed by atoms with Gasteiger partial charge in [-0.25, -0.2) is 9.63 Å². The van der Waals surface area contributed by atoms with Gasteiger partial charge in [-0.15, -0.1) is 0 Å². The first kappa shape index (κ1) is 15.8. The van der Waals surface area contributed by atoms with Crippen LogP contribution in [-0.4, -0.2) is 42.8 Å². The maximum absolute atomic E-state index is 12.2. The molecule has 0 aromatic carbocycles. The van der Waals surface area contributed by atoms with Gasteiger partial charge in [-0.2, -0.15) is 0 Å². The van der Waals surface area contributed by atoms with E-state index in [0.29, 0.717) is 18.4 Å². The number of carbonyl (C=O) groups is 1. The van der Waals surface area contributed by atoms with Crippen LogP contribution in [0.25, 0.3) is 0 Å². The Hall–Kier alpha value is -0.690. The molecular weight excluding hydrogens is 298 g/mol. The van der Waals surface area contributed by atoms with Crippen LogP contribution in [0.15, 0.2) is 0 Å². The Kier molecular flexibility index (Phi) is 4.12. The first-order chi connectivity index (χ1) is 11.2. The van der Waals surface area contributed by atoms with Gasteiger partial charge in [-0.1, -0.05) is 18.6 Å². The molecule has 4 fully saturated rings. The van der Waals surface area contributed by atoms with E-state index in [-0.39, 0.29) is 23.7 Å². The average molecular weight is 325 g/mol. The zero-order valence-electron chi connectivity index (χ0n) is 14.0. The summed E-state index contributed by atoms with van der Waals surface area (Å²) in [5, 5.41) is 1.68. The molecule has 0 unspecified atom stereocenters. The maximum atomic E-state index is 12.2. The molecule has 2 aliphatic carbocycles. The second-order valence-electron chi connectivity index (χ2n) is 7.34. The Balaban J connectivity index is 1.56. The van der Waals surface area contributed by atoms with Crippen molar-refractivity contribution in [2.24, 2.45) is 17.8 Å². The zero-order valence-corrected chi connectivity index (χ0v) is 14.0. The van der Waals surface area contributed by atoms with Crippen LogP contribution < -0.4 is 0 Å². The average Bonchev–Trinajstić information content (AvgIpc) is 3.18. The molecule has 0 aromatic rings. The van der Waals surface area contributed by atoms with Gasteiger partial charge in [-0.05, 0) is 43.9 Å². The summed E-state index contributed by atoms with van der Waals surface area (Å²) >= 11 is 0. The van der Waals surface area contributed by atoms with Crippen molar-refractivity contribution in [1.82, 2.24) is 5.23 Å². The molecule has 2 heterocycles. The van der Waals surface area contributed by atoms with Crippen LogP contribution in [0.3, 0.4) is 0 Å². The third kappa shape index (κ3) is 2.18. The van der Waals surface area contributed by atoms with E-state index in [2.05, 4.69) is 6.92 Å². The smallest absolute Gasteiger partial charge is 0.337 e. The Morgan fingerprint density at radius 2 is 2.00 bits per heavy atom. The zero-order chi connectivity index (χ0) is 16.0. The van der Waals surface area contributed by atoms with E-state index in [1.807, 2.05) is 0 Å². The normalized spacial score (nSPS) is 45.0. The molecule has 0 bridgehead atoms. The van der Waals surface area contributed by atoms with Gasteiger partial charge in [0.15, 0.2) is 12.4 Å². The Morgan fingerprint density at radius 1 is 1.22 bits per heavy atom. The molecule has 0 radical (unpaired) electrons. The van der Waals surface area contributed by atoms with Crippen molar-refractivity contribution in [3.05, 3.63) is 0 Å². The van der Waals surface area contributed by atoms with Gasteiger partial charge in [0.25, 0.3) is 0 Å². The Bertz CT molecular complexity index is 472. The number of nitrogens with zero attached hydrogens (tertiary/aromatic N) is 1. The summed E-state index contributed by atoms with van der Waals surface area (Å²) in [5.41, 5.74) is -0.135. The molecule has 2 saturated heterocycles. The summed E-state index contributed by atoms with van der Waals surface area (Å²) in [6.45, 7) is 2.86. The van der Waals surface area contributed by atoms with Crippen LogP contribution in [-0.2, 0) is 23.9 Å². The lowest BCUT2D eigenvalue weighted by atomic mass is 9.73. The second kappa shape index (κ2) is 5.99. The molecule has 4 aliphatic rings. The van der Waals surface area contributed by atoms with Crippen molar-refractivity contribution in [2.45, 2.75) is 69.8 Å². The van der Waals surface area contributed by atoms with Gasteiger partial charge in [0.1, 0.15) is 0 Å². The number of esters is 1. The third-order valence-corrected chi connectivity index (χ3v) is 6.41. The number of methoxy groups -OCH3 is 1. The first-order valence-electron chi connectivity index (χ1n) is 9.05.